The number of nitrogens with one attached hydrogen (secondary N) is 2. The van der Waals surface area contributed by atoms with Crippen molar-refractivity contribution in [1.82, 2.24) is 10.2 Å². The summed E-state index contributed by atoms with van der Waals surface area (Å²) in [5, 5.41) is 19.5. The number of carbonyl (C=O) groups is 1. The lowest BCUT2D eigenvalue weighted by molar-refractivity contribution is 0.102. The van der Waals surface area contributed by atoms with Crippen LogP contribution in [0.2, 0.25) is 0 Å². The number of amides is 1. The zero-order valence-corrected chi connectivity index (χ0v) is 11.6. The molecule has 2 aromatic carbocycles. The van der Waals surface area contributed by atoms with E-state index in [1.165, 1.54) is 6.20 Å². The highest BCUT2D eigenvalue weighted by molar-refractivity contribution is 6.06. The van der Waals surface area contributed by atoms with Gasteiger partial charge in [0.25, 0.3) is 5.91 Å². The van der Waals surface area contributed by atoms with E-state index in [1.54, 1.807) is 30.3 Å². The van der Waals surface area contributed by atoms with Crippen molar-refractivity contribution in [3.63, 3.8) is 0 Å². The van der Waals surface area contributed by atoms with Crippen LogP contribution in [0.15, 0.2) is 54.7 Å². The van der Waals surface area contributed by atoms with E-state index in [0.29, 0.717) is 16.9 Å². The Labute approximate surface area is 126 Å². The monoisotopic (exact) mass is 291 g/mol. The minimum Gasteiger partial charge on any atom is -0.384 e. The number of anilines is 1. The number of amidine groups is 1. The maximum atomic E-state index is 12.2. The number of nitrogen functional groups attached to an aromatic ring is 1. The van der Waals surface area contributed by atoms with E-state index in [-0.39, 0.29) is 11.7 Å². The van der Waals surface area contributed by atoms with Crippen molar-refractivity contribution in [2.24, 2.45) is 5.73 Å². The summed E-state index contributed by atoms with van der Waals surface area (Å²) in [4.78, 5) is 12.2. The number of hydrogen-bond donors (Lipinski definition) is 3. The number of nitrogens with zero attached hydrogens (tertiary/aromatic N) is 2. The van der Waals surface area contributed by atoms with Gasteiger partial charge in [0.15, 0.2) is 5.82 Å². The molecule has 0 atom stereocenters. The molecule has 3 aromatic rings. The molecule has 108 valence electrons. The number of nitrogens with two attached hydrogens (primary N) is 1. The van der Waals surface area contributed by atoms with Gasteiger partial charge in [0.2, 0.25) is 0 Å². The highest BCUT2D eigenvalue weighted by atomic mass is 16.1. The third-order valence-corrected chi connectivity index (χ3v) is 3.23. The highest BCUT2D eigenvalue weighted by Gasteiger charge is 2.08. The molecule has 1 aromatic heterocycles. The maximum Gasteiger partial charge on any atom is 0.256 e. The van der Waals surface area contributed by atoms with Crippen molar-refractivity contribution in [3.05, 3.63) is 65.9 Å². The topological polar surface area (TPSA) is 105 Å². The third kappa shape index (κ3) is 2.76. The van der Waals surface area contributed by atoms with Crippen LogP contribution in [0.3, 0.4) is 0 Å². The second kappa shape index (κ2) is 5.61. The SMILES string of the molecule is N=C(N)c1ccc2cc(C(=O)Nc3cccnn3)ccc2c1. The molecule has 0 saturated heterocycles. The van der Waals surface area contributed by atoms with E-state index in [2.05, 4.69) is 15.5 Å². The second-order valence-electron chi connectivity index (χ2n) is 4.75. The van der Waals surface area contributed by atoms with Gasteiger partial charge in [-0.05, 0) is 41.1 Å². The quantitative estimate of drug-likeness (QED) is 0.508. The molecule has 6 heteroatoms. The Kier molecular flexibility index (Phi) is 3.49. The summed E-state index contributed by atoms with van der Waals surface area (Å²) in [6.45, 7) is 0. The van der Waals surface area contributed by atoms with Crippen LogP contribution in [0.5, 0.6) is 0 Å². The second-order valence-corrected chi connectivity index (χ2v) is 4.75. The Morgan fingerprint density at radius 3 is 2.36 bits per heavy atom. The van der Waals surface area contributed by atoms with Gasteiger partial charge in [0.05, 0.1) is 0 Å². The van der Waals surface area contributed by atoms with Crippen molar-refractivity contribution in [2.75, 3.05) is 5.32 Å². The smallest absolute Gasteiger partial charge is 0.256 e. The van der Waals surface area contributed by atoms with E-state index in [0.717, 1.165) is 10.8 Å². The molecular weight excluding hydrogens is 278 g/mol. The first-order chi connectivity index (χ1) is 10.6. The zero-order valence-electron chi connectivity index (χ0n) is 11.6. The number of fused-ring (bicyclic) bond motifs is 1. The molecule has 0 saturated carbocycles. The molecule has 0 radical (unpaired) electrons. The molecule has 4 N–H and O–H groups in total. The molecule has 1 heterocycles. The van der Waals surface area contributed by atoms with Crippen LogP contribution in [0.1, 0.15) is 15.9 Å². The van der Waals surface area contributed by atoms with Gasteiger partial charge < -0.3 is 11.1 Å². The molecule has 0 aliphatic rings. The largest absolute Gasteiger partial charge is 0.384 e. The van der Waals surface area contributed by atoms with Gasteiger partial charge in [-0.15, -0.1) is 5.10 Å². The Balaban J connectivity index is 1.90. The summed E-state index contributed by atoms with van der Waals surface area (Å²) in [6.07, 6.45) is 1.54. The Morgan fingerprint density at radius 1 is 1.05 bits per heavy atom. The zero-order chi connectivity index (χ0) is 15.5. The molecule has 0 unspecified atom stereocenters. The summed E-state index contributed by atoms with van der Waals surface area (Å²) < 4.78 is 0. The summed E-state index contributed by atoms with van der Waals surface area (Å²) in [7, 11) is 0. The number of carbonyl (C=O) groups excluding carboxylic acids is 1. The van der Waals surface area contributed by atoms with Gasteiger partial charge in [-0.2, -0.15) is 5.10 Å². The van der Waals surface area contributed by atoms with Gasteiger partial charge >= 0.3 is 0 Å². The predicted molar refractivity (Wildman–Crippen MR) is 84.9 cm³/mol. The standard InChI is InChI=1S/C16H13N5O/c17-15(18)12-5-3-11-9-13(6-4-10(11)8-12)16(22)20-14-2-1-7-19-21-14/h1-9H,(H3,17,18)(H,20,21,22). The van der Waals surface area contributed by atoms with E-state index in [9.17, 15) is 4.79 Å². The van der Waals surface area contributed by atoms with Gasteiger partial charge in [-0.25, -0.2) is 0 Å². The van der Waals surface area contributed by atoms with E-state index < -0.39 is 0 Å². The molecule has 0 aliphatic heterocycles. The number of benzene rings is 2. The summed E-state index contributed by atoms with van der Waals surface area (Å²) in [5.41, 5.74) is 6.65. The van der Waals surface area contributed by atoms with E-state index in [4.69, 9.17) is 11.1 Å². The fraction of sp³-hybridized carbons (Fsp3) is 0. The Morgan fingerprint density at radius 2 is 1.73 bits per heavy atom. The first kappa shape index (κ1) is 13.7. The molecule has 6 nitrogen and oxygen atoms in total. The average Bonchev–Trinajstić information content (AvgIpc) is 2.54. The van der Waals surface area contributed by atoms with Crippen molar-refractivity contribution < 1.29 is 4.79 Å². The summed E-state index contributed by atoms with van der Waals surface area (Å²) in [5.74, 6) is 0.170. The fourth-order valence-electron chi connectivity index (χ4n) is 2.11. The molecule has 0 aliphatic carbocycles. The van der Waals surface area contributed by atoms with Crippen LogP contribution in [0, 0.1) is 5.41 Å². The Hall–Kier alpha value is -3.28. The molecule has 0 bridgehead atoms. The lowest BCUT2D eigenvalue weighted by Crippen LogP contribution is -2.13. The van der Waals surface area contributed by atoms with Crippen LogP contribution in [-0.2, 0) is 0 Å². The molecule has 3 rings (SSSR count). The highest BCUT2D eigenvalue weighted by Crippen LogP contribution is 2.18. The maximum absolute atomic E-state index is 12.2. The molecule has 1 amide bonds. The van der Waals surface area contributed by atoms with Gasteiger partial charge in [-0.3, -0.25) is 10.2 Å². The van der Waals surface area contributed by atoms with Crippen LogP contribution >= 0.6 is 0 Å². The minimum absolute atomic E-state index is 0.0198. The number of hydrogen-bond acceptors (Lipinski definition) is 4. The Bertz CT molecular complexity index is 861. The normalized spacial score (nSPS) is 10.4. The average molecular weight is 291 g/mol. The van der Waals surface area contributed by atoms with Gasteiger partial charge in [0.1, 0.15) is 5.84 Å². The molecule has 22 heavy (non-hydrogen) atoms. The van der Waals surface area contributed by atoms with Crippen molar-refractivity contribution in [2.45, 2.75) is 0 Å². The van der Waals surface area contributed by atoms with Crippen molar-refractivity contribution in [3.8, 4) is 0 Å². The lowest BCUT2D eigenvalue weighted by Gasteiger charge is -2.06. The lowest BCUT2D eigenvalue weighted by atomic mass is 10.0. The fourth-order valence-corrected chi connectivity index (χ4v) is 2.11. The molecule has 0 fully saturated rings. The van der Waals surface area contributed by atoms with Crippen LogP contribution in [0.4, 0.5) is 5.82 Å². The minimum atomic E-state index is -0.252. The summed E-state index contributed by atoms with van der Waals surface area (Å²) in [6, 6.07) is 14.1. The van der Waals surface area contributed by atoms with Crippen molar-refractivity contribution >= 4 is 28.3 Å². The predicted octanol–water partition coefficient (Wildman–Crippen LogP) is 2.17. The summed E-state index contributed by atoms with van der Waals surface area (Å²) >= 11 is 0. The van der Waals surface area contributed by atoms with E-state index in [1.807, 2.05) is 18.2 Å². The van der Waals surface area contributed by atoms with Crippen LogP contribution in [0.25, 0.3) is 10.8 Å². The molecular formula is C16H13N5O. The molecule has 0 spiro atoms. The first-order valence-corrected chi connectivity index (χ1v) is 6.61. The number of rotatable bonds is 3. The van der Waals surface area contributed by atoms with Crippen LogP contribution < -0.4 is 11.1 Å². The van der Waals surface area contributed by atoms with E-state index >= 15 is 0 Å². The van der Waals surface area contributed by atoms with Crippen LogP contribution in [-0.4, -0.2) is 21.9 Å². The first-order valence-electron chi connectivity index (χ1n) is 6.61. The van der Waals surface area contributed by atoms with Gasteiger partial charge in [0, 0.05) is 17.3 Å². The third-order valence-electron chi connectivity index (χ3n) is 3.23. The number of aromatic nitrogens is 2. The van der Waals surface area contributed by atoms with Gasteiger partial charge in [-0.1, -0.05) is 18.2 Å². The van der Waals surface area contributed by atoms with Crippen molar-refractivity contribution in [1.29, 1.82) is 5.41 Å².